The highest BCUT2D eigenvalue weighted by Crippen LogP contribution is 2.24. The van der Waals surface area contributed by atoms with Crippen LogP contribution in [0.2, 0.25) is 0 Å². The zero-order chi connectivity index (χ0) is 11.0. The molecule has 1 aliphatic carbocycles. The third kappa shape index (κ3) is 2.38. The summed E-state index contributed by atoms with van der Waals surface area (Å²) in [5.74, 6) is 1.08. The molecule has 90 valence electrons. The van der Waals surface area contributed by atoms with Crippen molar-refractivity contribution in [3.8, 4) is 0 Å². The van der Waals surface area contributed by atoms with E-state index < -0.39 is 0 Å². The molecule has 0 radical (unpaired) electrons. The van der Waals surface area contributed by atoms with Crippen LogP contribution in [0.5, 0.6) is 0 Å². The van der Waals surface area contributed by atoms with Crippen molar-refractivity contribution in [3.63, 3.8) is 0 Å². The Balaban J connectivity index is 1.37. The third-order valence-corrected chi connectivity index (χ3v) is 4.04. The van der Waals surface area contributed by atoms with Gasteiger partial charge in [0.1, 0.15) is 0 Å². The molecule has 16 heavy (non-hydrogen) atoms. The maximum absolute atomic E-state index is 11.5. The smallest absolute Gasteiger partial charge is 0.221 e. The molecule has 0 aromatic carbocycles. The number of nitrogens with one attached hydrogen (secondary N) is 2. The lowest BCUT2D eigenvalue weighted by Crippen LogP contribution is -2.33. The predicted octanol–water partition coefficient (Wildman–Crippen LogP) is -0.0512. The van der Waals surface area contributed by atoms with Gasteiger partial charge in [-0.15, -0.1) is 0 Å². The number of hydrogen-bond donors (Lipinski definition) is 2. The Morgan fingerprint density at radius 2 is 2.19 bits per heavy atom. The van der Waals surface area contributed by atoms with Crippen molar-refractivity contribution < 1.29 is 4.79 Å². The van der Waals surface area contributed by atoms with Gasteiger partial charge in [-0.05, 0) is 31.7 Å². The van der Waals surface area contributed by atoms with Gasteiger partial charge in [-0.25, -0.2) is 0 Å². The molecular formula is C12H21N3O. The maximum Gasteiger partial charge on any atom is 0.221 e. The SMILES string of the molecule is O=C(CCN1C[C@@H]2CCN[C@@H]2C1)NC1CC1. The van der Waals surface area contributed by atoms with Gasteiger partial charge in [-0.1, -0.05) is 0 Å². The van der Waals surface area contributed by atoms with E-state index in [0.717, 1.165) is 19.0 Å². The van der Waals surface area contributed by atoms with E-state index in [1.807, 2.05) is 0 Å². The lowest BCUT2D eigenvalue weighted by Gasteiger charge is -2.16. The Morgan fingerprint density at radius 3 is 2.94 bits per heavy atom. The molecule has 2 saturated heterocycles. The number of carbonyl (C=O) groups excluding carboxylic acids is 1. The van der Waals surface area contributed by atoms with Crippen molar-refractivity contribution >= 4 is 5.91 Å². The average Bonchev–Trinajstić information content (AvgIpc) is 2.82. The van der Waals surface area contributed by atoms with Gasteiger partial charge in [0.25, 0.3) is 0 Å². The van der Waals surface area contributed by atoms with E-state index in [2.05, 4.69) is 15.5 Å². The van der Waals surface area contributed by atoms with Gasteiger partial charge in [0.05, 0.1) is 0 Å². The Hall–Kier alpha value is -0.610. The van der Waals surface area contributed by atoms with Crippen molar-refractivity contribution in [2.75, 3.05) is 26.2 Å². The zero-order valence-electron chi connectivity index (χ0n) is 9.74. The fourth-order valence-electron chi connectivity index (χ4n) is 2.91. The number of nitrogens with zero attached hydrogens (tertiary/aromatic N) is 1. The minimum atomic E-state index is 0.243. The van der Waals surface area contributed by atoms with E-state index in [1.165, 1.54) is 32.4 Å². The molecule has 4 heteroatoms. The van der Waals surface area contributed by atoms with E-state index in [1.54, 1.807) is 0 Å². The highest BCUT2D eigenvalue weighted by molar-refractivity contribution is 5.76. The lowest BCUT2D eigenvalue weighted by atomic mass is 10.1. The van der Waals surface area contributed by atoms with Crippen LogP contribution in [0.25, 0.3) is 0 Å². The second kappa shape index (κ2) is 4.34. The molecule has 3 aliphatic rings. The summed E-state index contributed by atoms with van der Waals surface area (Å²) in [5, 5.41) is 6.58. The average molecular weight is 223 g/mol. The molecule has 3 fully saturated rings. The van der Waals surface area contributed by atoms with Gasteiger partial charge < -0.3 is 15.5 Å². The van der Waals surface area contributed by atoms with Crippen molar-refractivity contribution in [1.82, 2.24) is 15.5 Å². The fourth-order valence-corrected chi connectivity index (χ4v) is 2.91. The number of hydrogen-bond acceptors (Lipinski definition) is 3. The van der Waals surface area contributed by atoms with Gasteiger partial charge in [0.2, 0.25) is 5.91 Å². The van der Waals surface area contributed by atoms with E-state index in [4.69, 9.17) is 0 Å². The van der Waals surface area contributed by atoms with Crippen LogP contribution in [0.15, 0.2) is 0 Å². The van der Waals surface area contributed by atoms with Crippen LogP contribution in [-0.2, 0) is 4.79 Å². The van der Waals surface area contributed by atoms with Gasteiger partial charge in [0, 0.05) is 38.1 Å². The van der Waals surface area contributed by atoms with Crippen LogP contribution in [-0.4, -0.2) is 49.1 Å². The number of likely N-dealkylation sites (tertiary alicyclic amines) is 1. The van der Waals surface area contributed by atoms with Crippen LogP contribution in [0.3, 0.4) is 0 Å². The molecule has 3 rings (SSSR count). The van der Waals surface area contributed by atoms with Crippen LogP contribution in [0.4, 0.5) is 0 Å². The van der Waals surface area contributed by atoms with Crippen molar-refractivity contribution in [3.05, 3.63) is 0 Å². The number of amides is 1. The molecule has 0 unspecified atom stereocenters. The predicted molar refractivity (Wildman–Crippen MR) is 62.1 cm³/mol. The highest BCUT2D eigenvalue weighted by atomic mass is 16.1. The molecular weight excluding hydrogens is 202 g/mol. The van der Waals surface area contributed by atoms with E-state index in [9.17, 15) is 4.79 Å². The summed E-state index contributed by atoms with van der Waals surface area (Å²) in [6, 6.07) is 1.21. The van der Waals surface area contributed by atoms with Crippen LogP contribution in [0.1, 0.15) is 25.7 Å². The first kappa shape index (κ1) is 10.5. The Morgan fingerprint density at radius 1 is 1.31 bits per heavy atom. The molecule has 2 aliphatic heterocycles. The number of rotatable bonds is 4. The van der Waals surface area contributed by atoms with Gasteiger partial charge >= 0.3 is 0 Å². The summed E-state index contributed by atoms with van der Waals surface area (Å²) in [4.78, 5) is 14.0. The van der Waals surface area contributed by atoms with E-state index in [-0.39, 0.29) is 5.91 Å². The summed E-state index contributed by atoms with van der Waals surface area (Å²) in [6.45, 7) is 4.45. The molecule has 0 aromatic rings. The summed E-state index contributed by atoms with van der Waals surface area (Å²) in [6.07, 6.45) is 4.36. The molecule has 0 aromatic heterocycles. The quantitative estimate of drug-likeness (QED) is 0.702. The van der Waals surface area contributed by atoms with Crippen LogP contribution < -0.4 is 10.6 Å². The second-order valence-electron chi connectivity index (χ2n) is 5.46. The van der Waals surface area contributed by atoms with Crippen molar-refractivity contribution in [2.45, 2.75) is 37.8 Å². The largest absolute Gasteiger partial charge is 0.353 e. The summed E-state index contributed by atoms with van der Waals surface area (Å²) in [5.41, 5.74) is 0. The topological polar surface area (TPSA) is 44.4 Å². The Labute approximate surface area is 96.8 Å². The molecule has 2 heterocycles. The fraction of sp³-hybridized carbons (Fsp3) is 0.917. The summed E-state index contributed by atoms with van der Waals surface area (Å²) < 4.78 is 0. The molecule has 0 bridgehead atoms. The highest BCUT2D eigenvalue weighted by Gasteiger charge is 2.35. The van der Waals surface area contributed by atoms with Gasteiger partial charge in [-0.2, -0.15) is 0 Å². The van der Waals surface area contributed by atoms with E-state index >= 15 is 0 Å². The first-order chi connectivity index (χ1) is 7.81. The molecule has 0 spiro atoms. The maximum atomic E-state index is 11.5. The molecule has 2 atom stereocenters. The first-order valence-corrected chi connectivity index (χ1v) is 6.56. The van der Waals surface area contributed by atoms with Crippen LogP contribution >= 0.6 is 0 Å². The zero-order valence-corrected chi connectivity index (χ0v) is 9.74. The molecule has 4 nitrogen and oxygen atoms in total. The summed E-state index contributed by atoms with van der Waals surface area (Å²) >= 11 is 0. The Kier molecular flexibility index (Phi) is 2.86. The minimum absolute atomic E-state index is 0.243. The molecule has 1 amide bonds. The molecule has 1 saturated carbocycles. The normalized spacial score (nSPS) is 34.0. The first-order valence-electron chi connectivity index (χ1n) is 6.56. The monoisotopic (exact) mass is 223 g/mol. The van der Waals surface area contributed by atoms with Gasteiger partial charge in [0.15, 0.2) is 0 Å². The lowest BCUT2D eigenvalue weighted by molar-refractivity contribution is -0.121. The Bertz CT molecular complexity index is 265. The van der Waals surface area contributed by atoms with Crippen LogP contribution in [0, 0.1) is 5.92 Å². The second-order valence-corrected chi connectivity index (χ2v) is 5.46. The number of carbonyl (C=O) groups is 1. The molecule has 2 N–H and O–H groups in total. The standard InChI is InChI=1S/C12H21N3O/c16-12(14-10-1-2-10)4-6-15-7-9-3-5-13-11(9)8-15/h9-11,13H,1-8H2,(H,14,16)/t9-,11+/m0/s1. The third-order valence-electron chi connectivity index (χ3n) is 4.04. The van der Waals surface area contributed by atoms with Crippen molar-refractivity contribution in [1.29, 1.82) is 0 Å². The van der Waals surface area contributed by atoms with Gasteiger partial charge in [-0.3, -0.25) is 4.79 Å². The summed E-state index contributed by atoms with van der Waals surface area (Å²) in [7, 11) is 0. The van der Waals surface area contributed by atoms with E-state index in [0.29, 0.717) is 18.5 Å². The number of fused-ring (bicyclic) bond motifs is 1. The minimum Gasteiger partial charge on any atom is -0.353 e. The van der Waals surface area contributed by atoms with Crippen molar-refractivity contribution in [2.24, 2.45) is 5.92 Å².